The minimum absolute atomic E-state index is 0.168. The van der Waals surface area contributed by atoms with Crippen molar-refractivity contribution in [2.75, 3.05) is 47.3 Å². The molecule has 41 heavy (non-hydrogen) atoms. The Morgan fingerprint density at radius 2 is 1.83 bits per heavy atom. The predicted octanol–water partition coefficient (Wildman–Crippen LogP) is 4.98. The molecule has 3 saturated carbocycles. The van der Waals surface area contributed by atoms with Crippen molar-refractivity contribution in [2.24, 2.45) is 39.7 Å². The molecule has 0 spiro atoms. The summed E-state index contributed by atoms with van der Waals surface area (Å²) < 4.78 is 0.739. The molecular formula is C33H53N4O4+. The van der Waals surface area contributed by atoms with Crippen LogP contribution in [0.4, 0.5) is 4.79 Å². The number of oxime groups is 1. The van der Waals surface area contributed by atoms with Gasteiger partial charge >= 0.3 is 6.09 Å². The zero-order valence-electron chi connectivity index (χ0n) is 26.3. The van der Waals surface area contributed by atoms with Gasteiger partial charge in [0.15, 0.2) is 11.6 Å². The summed E-state index contributed by atoms with van der Waals surface area (Å²) in [5.41, 5.74) is 2.71. The maximum absolute atomic E-state index is 13.3. The normalized spacial score (nSPS) is 37.3. The van der Waals surface area contributed by atoms with Crippen LogP contribution in [0.25, 0.3) is 0 Å². The van der Waals surface area contributed by atoms with E-state index in [1.807, 2.05) is 13.0 Å². The van der Waals surface area contributed by atoms with Gasteiger partial charge in [0.2, 0.25) is 0 Å². The van der Waals surface area contributed by atoms with Crippen molar-refractivity contribution in [3.05, 3.63) is 11.6 Å². The number of ketones is 2. The molecular weight excluding hydrogens is 516 g/mol. The van der Waals surface area contributed by atoms with Crippen LogP contribution in [0, 0.1) is 34.5 Å². The van der Waals surface area contributed by atoms with Crippen molar-refractivity contribution < 1.29 is 23.7 Å². The number of quaternary nitrogens is 1. The SMILES string of the molecule is C/C(=N\OC(=O)N(CCC1NCCC1=O)CC[N+](C)(C)C)[C@H]1CC[C@H]2[C@@H]3CCC4=CC(=O)CC[C@]4(C)[C@H]3CC[C@]12C. The second-order valence-electron chi connectivity index (χ2n) is 15.2. The minimum Gasteiger partial charge on any atom is -0.329 e. The van der Waals surface area contributed by atoms with Crippen LogP contribution in [0.15, 0.2) is 16.8 Å². The number of nitrogens with zero attached hydrogens (tertiary/aromatic N) is 3. The van der Waals surface area contributed by atoms with Gasteiger partial charge in [0.05, 0.1) is 46.0 Å². The standard InChI is InChI=1S/C33H53N4O4/c1-22(35-41-31(40)36(19-20-37(4,5)6)18-14-29-30(39)13-17-34-29)26-9-10-27-25-8-7-23-21-24(38)11-15-32(23,2)28(25)12-16-33(26,27)3/h21,25-29,34H,7-20H2,1-6H3/q+1/b35-22+/t25-,26+,27-,28-,29?,32-,33+/m0/s1. The highest BCUT2D eigenvalue weighted by Gasteiger charge is 2.59. The van der Waals surface area contributed by atoms with E-state index < -0.39 is 6.09 Å². The Bertz CT molecular complexity index is 1110. The molecule has 0 bridgehead atoms. The maximum atomic E-state index is 13.3. The first-order valence-electron chi connectivity index (χ1n) is 16.1. The zero-order valence-corrected chi connectivity index (χ0v) is 26.3. The van der Waals surface area contributed by atoms with Gasteiger partial charge in [-0.25, -0.2) is 4.79 Å². The lowest BCUT2D eigenvalue weighted by Crippen LogP contribution is -2.51. The molecule has 1 amide bonds. The highest BCUT2D eigenvalue weighted by Crippen LogP contribution is 2.66. The molecule has 5 aliphatic rings. The van der Waals surface area contributed by atoms with Gasteiger partial charge in [-0.2, -0.15) is 0 Å². The van der Waals surface area contributed by atoms with Crippen LogP contribution in [-0.4, -0.2) is 86.1 Å². The van der Waals surface area contributed by atoms with Crippen LogP contribution >= 0.6 is 0 Å². The van der Waals surface area contributed by atoms with E-state index in [4.69, 9.17) is 4.84 Å². The quantitative estimate of drug-likeness (QED) is 0.193. The molecule has 1 N–H and O–H groups in total. The minimum atomic E-state index is -0.418. The van der Waals surface area contributed by atoms with Crippen molar-refractivity contribution in [1.29, 1.82) is 0 Å². The Balaban J connectivity index is 1.24. The molecule has 1 heterocycles. The number of amides is 1. The summed E-state index contributed by atoms with van der Waals surface area (Å²) in [4.78, 5) is 44.9. The van der Waals surface area contributed by atoms with Crippen LogP contribution in [0.2, 0.25) is 0 Å². The number of rotatable bonds is 8. The van der Waals surface area contributed by atoms with E-state index in [9.17, 15) is 14.4 Å². The van der Waals surface area contributed by atoms with Crippen molar-refractivity contribution in [1.82, 2.24) is 10.2 Å². The van der Waals surface area contributed by atoms with Crippen LogP contribution in [0.5, 0.6) is 0 Å². The number of fused-ring (bicyclic) bond motifs is 5. The Morgan fingerprint density at radius 3 is 2.54 bits per heavy atom. The fourth-order valence-electron chi connectivity index (χ4n) is 9.40. The molecule has 0 aromatic carbocycles. The number of likely N-dealkylation sites (N-methyl/N-ethyl adjacent to an activating group) is 1. The van der Waals surface area contributed by atoms with Gasteiger partial charge in [-0.05, 0) is 93.0 Å². The molecule has 8 heteroatoms. The molecule has 8 nitrogen and oxygen atoms in total. The number of Topliss-reactive ketones (excluding diaryl/α,β-unsaturated/α-hetero) is 1. The van der Waals surface area contributed by atoms with Gasteiger partial charge in [-0.1, -0.05) is 24.6 Å². The van der Waals surface area contributed by atoms with Crippen molar-refractivity contribution >= 4 is 23.4 Å². The molecule has 0 radical (unpaired) electrons. The molecule has 0 aromatic heterocycles. The van der Waals surface area contributed by atoms with Crippen LogP contribution < -0.4 is 5.32 Å². The fraction of sp³-hybridized carbons (Fsp3) is 0.818. The summed E-state index contributed by atoms with van der Waals surface area (Å²) >= 11 is 0. The number of nitrogens with one attached hydrogen (secondary N) is 1. The van der Waals surface area contributed by atoms with E-state index in [1.54, 1.807) is 4.90 Å². The average molecular weight is 570 g/mol. The van der Waals surface area contributed by atoms with E-state index in [0.29, 0.717) is 61.8 Å². The summed E-state index contributed by atoms with van der Waals surface area (Å²) in [7, 11) is 6.33. The van der Waals surface area contributed by atoms with E-state index in [0.717, 1.165) is 42.5 Å². The fourth-order valence-corrected chi connectivity index (χ4v) is 9.40. The first-order valence-corrected chi connectivity index (χ1v) is 16.1. The molecule has 4 fully saturated rings. The summed E-state index contributed by atoms with van der Waals surface area (Å²) in [5, 5.41) is 7.74. The Morgan fingerprint density at radius 1 is 1.05 bits per heavy atom. The third-order valence-corrected chi connectivity index (χ3v) is 11.9. The maximum Gasteiger partial charge on any atom is 0.436 e. The predicted molar refractivity (Wildman–Crippen MR) is 160 cm³/mol. The molecule has 228 valence electrons. The molecule has 1 unspecified atom stereocenters. The highest BCUT2D eigenvalue weighted by molar-refractivity contribution is 5.91. The third kappa shape index (κ3) is 6.06. The molecule has 7 atom stereocenters. The van der Waals surface area contributed by atoms with Crippen LogP contribution in [0.1, 0.15) is 85.0 Å². The average Bonchev–Trinajstić information content (AvgIpc) is 3.49. The molecule has 0 aromatic rings. The van der Waals surface area contributed by atoms with Gasteiger partial charge in [0, 0.05) is 31.8 Å². The Kier molecular flexibility index (Phi) is 8.57. The first-order chi connectivity index (χ1) is 19.3. The lowest BCUT2D eigenvalue weighted by molar-refractivity contribution is -0.869. The summed E-state index contributed by atoms with van der Waals surface area (Å²) in [5.74, 6) is 2.88. The smallest absolute Gasteiger partial charge is 0.329 e. The number of carbonyl (C=O) groups excluding carboxylic acids is 3. The lowest BCUT2D eigenvalue weighted by Gasteiger charge is -2.58. The Labute approximate surface area is 246 Å². The van der Waals surface area contributed by atoms with Crippen molar-refractivity contribution in [2.45, 2.75) is 91.0 Å². The van der Waals surface area contributed by atoms with E-state index in [2.05, 4.69) is 45.5 Å². The molecule has 1 saturated heterocycles. The molecule has 4 aliphatic carbocycles. The first kappa shape index (κ1) is 30.4. The van der Waals surface area contributed by atoms with Gasteiger partial charge in [0.25, 0.3) is 0 Å². The Hall–Kier alpha value is -2.06. The number of allylic oxidation sites excluding steroid dienone is 1. The van der Waals surface area contributed by atoms with Gasteiger partial charge in [0.1, 0.15) is 0 Å². The topological polar surface area (TPSA) is 88.1 Å². The van der Waals surface area contributed by atoms with E-state index in [1.165, 1.54) is 31.3 Å². The summed E-state index contributed by atoms with van der Waals surface area (Å²) in [6.07, 6.45) is 11.4. The second kappa shape index (κ2) is 11.6. The van der Waals surface area contributed by atoms with Crippen LogP contribution in [0.3, 0.4) is 0 Å². The summed E-state index contributed by atoms with van der Waals surface area (Å²) in [6.45, 7) is 9.49. The number of carbonyl (C=O) groups is 3. The van der Waals surface area contributed by atoms with Gasteiger partial charge in [-0.3, -0.25) is 14.4 Å². The van der Waals surface area contributed by atoms with Crippen molar-refractivity contribution in [3.63, 3.8) is 0 Å². The number of hydrogen-bond donors (Lipinski definition) is 1. The monoisotopic (exact) mass is 569 g/mol. The summed E-state index contributed by atoms with van der Waals surface area (Å²) in [6, 6.07) is -0.173. The van der Waals surface area contributed by atoms with E-state index in [-0.39, 0.29) is 22.7 Å². The largest absolute Gasteiger partial charge is 0.436 e. The highest BCUT2D eigenvalue weighted by atomic mass is 16.7. The van der Waals surface area contributed by atoms with Gasteiger partial charge < -0.3 is 14.7 Å². The van der Waals surface area contributed by atoms with Gasteiger partial charge in [-0.15, -0.1) is 0 Å². The van der Waals surface area contributed by atoms with Crippen LogP contribution in [-0.2, 0) is 14.4 Å². The third-order valence-electron chi connectivity index (χ3n) is 11.9. The molecule has 1 aliphatic heterocycles. The lowest BCUT2D eigenvalue weighted by atomic mass is 9.46. The van der Waals surface area contributed by atoms with E-state index >= 15 is 0 Å². The van der Waals surface area contributed by atoms with Crippen molar-refractivity contribution in [3.8, 4) is 0 Å². The molecule has 5 rings (SSSR count). The second-order valence-corrected chi connectivity index (χ2v) is 15.2. The number of hydrogen-bond acceptors (Lipinski definition) is 6. The zero-order chi connectivity index (χ0) is 29.6.